The molecule has 116 valence electrons. The van der Waals surface area contributed by atoms with E-state index in [1.807, 2.05) is 0 Å². The van der Waals surface area contributed by atoms with Crippen LogP contribution < -0.4 is 5.32 Å². The number of nitrogens with one attached hydrogen (secondary N) is 1. The molecular weight excluding hydrogens is 292 g/mol. The van der Waals surface area contributed by atoms with Crippen molar-refractivity contribution in [1.29, 1.82) is 0 Å². The van der Waals surface area contributed by atoms with Gasteiger partial charge in [-0.25, -0.2) is 4.68 Å². The number of rotatable bonds is 5. The van der Waals surface area contributed by atoms with Crippen LogP contribution in [0.15, 0.2) is 24.4 Å². The smallest absolute Gasteiger partial charge is 0.327 e. The van der Waals surface area contributed by atoms with Crippen molar-refractivity contribution in [3.8, 4) is 11.5 Å². The van der Waals surface area contributed by atoms with E-state index in [9.17, 15) is 19.8 Å². The molecule has 0 atom stereocenters. The van der Waals surface area contributed by atoms with Crippen LogP contribution >= 0.6 is 0 Å². The third-order valence-corrected chi connectivity index (χ3v) is 2.54. The van der Waals surface area contributed by atoms with Crippen molar-refractivity contribution in [3.63, 3.8) is 0 Å². The molecule has 1 aromatic carbocycles. The Morgan fingerprint density at radius 1 is 1.27 bits per heavy atom. The number of phenols is 2. The zero-order valence-corrected chi connectivity index (χ0v) is 11.7. The van der Waals surface area contributed by atoms with Crippen LogP contribution in [0.5, 0.6) is 11.5 Å². The summed E-state index contributed by atoms with van der Waals surface area (Å²) in [6.45, 7) is 1.83. The second kappa shape index (κ2) is 6.57. The minimum Gasteiger partial charge on any atom is -0.508 e. The van der Waals surface area contributed by atoms with E-state index in [4.69, 9.17) is 4.74 Å². The molecule has 0 spiro atoms. The lowest BCUT2D eigenvalue weighted by molar-refractivity contribution is -0.144. The summed E-state index contributed by atoms with van der Waals surface area (Å²) in [4.78, 5) is 23.2. The van der Waals surface area contributed by atoms with Crippen molar-refractivity contribution in [2.45, 2.75) is 13.5 Å². The van der Waals surface area contributed by atoms with Gasteiger partial charge in [0, 0.05) is 11.6 Å². The minimum atomic E-state index is -0.589. The normalized spacial score (nSPS) is 10.2. The van der Waals surface area contributed by atoms with Crippen molar-refractivity contribution >= 4 is 17.7 Å². The first-order valence-electron chi connectivity index (χ1n) is 6.38. The average Bonchev–Trinajstić information content (AvgIpc) is 2.85. The number of amides is 1. The summed E-state index contributed by atoms with van der Waals surface area (Å²) in [6.07, 6.45) is 1.36. The third kappa shape index (κ3) is 3.95. The molecule has 1 heterocycles. The molecule has 3 N–H and O–H groups in total. The predicted molar refractivity (Wildman–Crippen MR) is 74.4 cm³/mol. The fraction of sp³-hybridized carbons (Fsp3) is 0.231. The highest BCUT2D eigenvalue weighted by molar-refractivity contribution is 6.04. The second-order valence-corrected chi connectivity index (χ2v) is 4.30. The maximum absolute atomic E-state index is 12.0. The number of anilines is 1. The summed E-state index contributed by atoms with van der Waals surface area (Å²) < 4.78 is 5.98. The molecule has 2 rings (SSSR count). The zero-order chi connectivity index (χ0) is 16.1. The molecule has 0 bridgehead atoms. The summed E-state index contributed by atoms with van der Waals surface area (Å²) >= 11 is 0. The molecule has 1 aromatic heterocycles. The van der Waals surface area contributed by atoms with Crippen LogP contribution in [-0.4, -0.2) is 43.7 Å². The molecule has 0 aliphatic rings. The molecule has 0 radical (unpaired) electrons. The number of aromatic nitrogens is 3. The van der Waals surface area contributed by atoms with Crippen LogP contribution in [0.1, 0.15) is 17.3 Å². The third-order valence-electron chi connectivity index (χ3n) is 2.54. The number of hydrogen-bond acceptors (Lipinski definition) is 7. The lowest BCUT2D eigenvalue weighted by Crippen LogP contribution is -2.14. The van der Waals surface area contributed by atoms with Gasteiger partial charge >= 0.3 is 5.97 Å². The lowest BCUT2D eigenvalue weighted by atomic mass is 10.2. The molecule has 2 aromatic rings. The Morgan fingerprint density at radius 3 is 2.59 bits per heavy atom. The number of carbonyl (C=O) groups is 2. The summed E-state index contributed by atoms with van der Waals surface area (Å²) in [5.74, 6) is -1.41. The van der Waals surface area contributed by atoms with E-state index in [1.165, 1.54) is 23.0 Å². The van der Waals surface area contributed by atoms with Crippen molar-refractivity contribution < 1.29 is 24.5 Å². The molecule has 0 saturated heterocycles. The number of phenolic OH excluding ortho intramolecular Hbond substituents is 2. The summed E-state index contributed by atoms with van der Waals surface area (Å²) in [5.41, 5.74) is 0.0532. The molecule has 0 unspecified atom stereocenters. The fourth-order valence-corrected chi connectivity index (χ4v) is 1.69. The Morgan fingerprint density at radius 2 is 1.95 bits per heavy atom. The average molecular weight is 306 g/mol. The summed E-state index contributed by atoms with van der Waals surface area (Å²) in [5, 5.41) is 28.5. The molecule has 9 heteroatoms. The van der Waals surface area contributed by atoms with Gasteiger partial charge in [0.2, 0.25) is 0 Å². The van der Waals surface area contributed by atoms with E-state index in [0.29, 0.717) is 0 Å². The number of aromatic hydroxyl groups is 2. The van der Waals surface area contributed by atoms with Crippen LogP contribution in [0.4, 0.5) is 5.82 Å². The van der Waals surface area contributed by atoms with Gasteiger partial charge in [-0.15, -0.1) is 5.10 Å². The van der Waals surface area contributed by atoms with Gasteiger partial charge in [-0.2, -0.15) is 0 Å². The highest BCUT2D eigenvalue weighted by Gasteiger charge is 2.12. The zero-order valence-electron chi connectivity index (χ0n) is 11.7. The lowest BCUT2D eigenvalue weighted by Gasteiger charge is -2.03. The first kappa shape index (κ1) is 15.3. The van der Waals surface area contributed by atoms with Crippen LogP contribution in [-0.2, 0) is 16.1 Å². The van der Waals surface area contributed by atoms with Crippen LogP contribution in [0.25, 0.3) is 0 Å². The van der Waals surface area contributed by atoms with Crippen molar-refractivity contribution in [2.75, 3.05) is 11.9 Å². The number of hydrogen-bond donors (Lipinski definition) is 3. The monoisotopic (exact) mass is 306 g/mol. The fourth-order valence-electron chi connectivity index (χ4n) is 1.69. The predicted octanol–water partition coefficient (Wildman–Crippen LogP) is 0.505. The maximum atomic E-state index is 12.0. The highest BCUT2D eigenvalue weighted by atomic mass is 16.5. The molecular formula is C13H14N4O5. The van der Waals surface area contributed by atoms with E-state index >= 15 is 0 Å². The van der Waals surface area contributed by atoms with Gasteiger partial charge in [-0.1, -0.05) is 5.21 Å². The van der Waals surface area contributed by atoms with Gasteiger partial charge in [0.15, 0.2) is 5.82 Å². The quantitative estimate of drug-likeness (QED) is 0.687. The SMILES string of the molecule is CCOC(=O)Cn1cc(NC(=O)c2cc(O)cc(O)c2)nn1. The number of ether oxygens (including phenoxy) is 1. The molecule has 9 nitrogen and oxygen atoms in total. The Labute approximate surface area is 125 Å². The molecule has 0 fully saturated rings. The van der Waals surface area contributed by atoms with Crippen molar-refractivity contribution in [1.82, 2.24) is 15.0 Å². The molecule has 1 amide bonds. The van der Waals surface area contributed by atoms with Gasteiger partial charge < -0.3 is 20.3 Å². The largest absolute Gasteiger partial charge is 0.508 e. The number of benzene rings is 1. The van der Waals surface area contributed by atoms with E-state index < -0.39 is 11.9 Å². The van der Waals surface area contributed by atoms with Crippen LogP contribution in [0, 0.1) is 0 Å². The molecule has 0 aliphatic heterocycles. The standard InChI is InChI=1S/C13H14N4O5/c1-2-22-12(20)7-17-6-11(15-16-17)14-13(21)8-3-9(18)5-10(19)4-8/h3-6,18-19H,2,7H2,1H3,(H,14,21). The Kier molecular flexibility index (Phi) is 4.57. The molecule has 0 saturated carbocycles. The van der Waals surface area contributed by atoms with E-state index in [0.717, 1.165) is 6.07 Å². The number of esters is 1. The molecule has 22 heavy (non-hydrogen) atoms. The van der Waals surface area contributed by atoms with Gasteiger partial charge in [-0.3, -0.25) is 9.59 Å². The number of carbonyl (C=O) groups excluding carboxylic acids is 2. The maximum Gasteiger partial charge on any atom is 0.327 e. The van der Waals surface area contributed by atoms with Gasteiger partial charge in [0.05, 0.1) is 12.8 Å². The molecule has 0 aliphatic carbocycles. The summed E-state index contributed by atoms with van der Waals surface area (Å²) in [7, 11) is 0. The second-order valence-electron chi connectivity index (χ2n) is 4.30. The van der Waals surface area contributed by atoms with Gasteiger partial charge in [0.1, 0.15) is 18.0 Å². The Balaban J connectivity index is 2.03. The van der Waals surface area contributed by atoms with E-state index in [2.05, 4.69) is 15.6 Å². The first-order chi connectivity index (χ1) is 10.5. The Bertz CT molecular complexity index is 677. The van der Waals surface area contributed by atoms with Crippen molar-refractivity contribution in [2.24, 2.45) is 0 Å². The first-order valence-corrected chi connectivity index (χ1v) is 6.38. The number of nitrogens with zero attached hydrogens (tertiary/aromatic N) is 3. The van der Waals surface area contributed by atoms with Crippen LogP contribution in [0.2, 0.25) is 0 Å². The van der Waals surface area contributed by atoms with Gasteiger partial charge in [0.25, 0.3) is 5.91 Å². The van der Waals surface area contributed by atoms with Gasteiger partial charge in [-0.05, 0) is 19.1 Å². The van der Waals surface area contributed by atoms with E-state index in [1.54, 1.807) is 6.92 Å². The van der Waals surface area contributed by atoms with E-state index in [-0.39, 0.29) is 36.0 Å². The highest BCUT2D eigenvalue weighted by Crippen LogP contribution is 2.20. The van der Waals surface area contributed by atoms with Crippen LogP contribution in [0.3, 0.4) is 0 Å². The minimum absolute atomic E-state index is 0.0532. The Hall–Kier alpha value is -3.10. The summed E-state index contributed by atoms with van der Waals surface area (Å²) in [6, 6.07) is 3.49. The van der Waals surface area contributed by atoms with Crippen molar-refractivity contribution in [3.05, 3.63) is 30.0 Å². The topological polar surface area (TPSA) is 127 Å².